The van der Waals surface area contributed by atoms with E-state index in [4.69, 9.17) is 4.42 Å². The first-order valence-electron chi connectivity index (χ1n) is 5.67. The van der Waals surface area contributed by atoms with E-state index in [9.17, 15) is 4.79 Å². The van der Waals surface area contributed by atoms with Crippen molar-refractivity contribution < 1.29 is 4.42 Å². The third-order valence-electron chi connectivity index (χ3n) is 3.22. The molecule has 0 bridgehead atoms. The van der Waals surface area contributed by atoms with Gasteiger partial charge in [-0.25, -0.2) is 4.79 Å². The number of fused-ring (bicyclic) bond motifs is 1. The summed E-state index contributed by atoms with van der Waals surface area (Å²) in [4.78, 5) is 14.0. The van der Waals surface area contributed by atoms with Crippen LogP contribution < -0.4 is 11.1 Å². The summed E-state index contributed by atoms with van der Waals surface area (Å²) in [5.74, 6) is 0.108. The van der Waals surface area contributed by atoms with E-state index >= 15 is 0 Å². The molecule has 1 aliphatic rings. The van der Waals surface area contributed by atoms with Gasteiger partial charge in [-0.2, -0.15) is 0 Å². The first kappa shape index (κ1) is 9.66. The van der Waals surface area contributed by atoms with Crippen molar-refractivity contribution in [2.45, 2.75) is 18.8 Å². The lowest BCUT2D eigenvalue weighted by Crippen LogP contribution is -2.28. The summed E-state index contributed by atoms with van der Waals surface area (Å²) >= 11 is 0. The Morgan fingerprint density at radius 2 is 2.31 bits per heavy atom. The maximum atomic E-state index is 11.2. The van der Waals surface area contributed by atoms with Crippen molar-refractivity contribution >= 4 is 11.1 Å². The van der Waals surface area contributed by atoms with Crippen LogP contribution in [0, 0.1) is 0 Å². The molecule has 2 aromatic rings. The van der Waals surface area contributed by atoms with Crippen LogP contribution in [-0.2, 0) is 0 Å². The third-order valence-corrected chi connectivity index (χ3v) is 3.22. The quantitative estimate of drug-likeness (QED) is 0.764. The van der Waals surface area contributed by atoms with E-state index in [1.165, 1.54) is 18.4 Å². The molecule has 0 saturated carbocycles. The molecule has 1 aromatic carbocycles. The number of oxazole rings is 1. The van der Waals surface area contributed by atoms with Gasteiger partial charge in [-0.15, -0.1) is 0 Å². The standard InChI is InChI=1S/C12H14N2O2/c15-12-14-11-9(4-1-5-10(11)16-12)8-3-2-6-13-7-8/h1,4-5,8,13H,2-3,6-7H2,(H,14,15). The second-order valence-electron chi connectivity index (χ2n) is 4.28. The Balaban J connectivity index is 2.11. The van der Waals surface area contributed by atoms with Gasteiger partial charge in [0.05, 0.1) is 5.52 Å². The smallest absolute Gasteiger partial charge is 0.408 e. The maximum Gasteiger partial charge on any atom is 0.417 e. The van der Waals surface area contributed by atoms with Crippen molar-refractivity contribution in [1.29, 1.82) is 0 Å². The Morgan fingerprint density at radius 1 is 1.38 bits per heavy atom. The van der Waals surface area contributed by atoms with Crippen LogP contribution in [0.3, 0.4) is 0 Å². The molecule has 16 heavy (non-hydrogen) atoms. The molecule has 1 aromatic heterocycles. The fourth-order valence-corrected chi connectivity index (χ4v) is 2.45. The summed E-state index contributed by atoms with van der Waals surface area (Å²) in [7, 11) is 0. The molecule has 4 nitrogen and oxygen atoms in total. The van der Waals surface area contributed by atoms with Gasteiger partial charge >= 0.3 is 5.76 Å². The first-order chi connectivity index (χ1) is 7.84. The lowest BCUT2D eigenvalue weighted by atomic mass is 9.91. The van der Waals surface area contributed by atoms with Crippen LogP contribution in [0.2, 0.25) is 0 Å². The SMILES string of the molecule is O=c1[nH]c2c(C3CCCNC3)cccc2o1. The highest BCUT2D eigenvalue weighted by Gasteiger charge is 2.18. The highest BCUT2D eigenvalue weighted by molar-refractivity contribution is 5.76. The number of para-hydroxylation sites is 1. The molecular weight excluding hydrogens is 204 g/mol. The molecule has 0 amide bonds. The van der Waals surface area contributed by atoms with Gasteiger partial charge in [-0.3, -0.25) is 4.98 Å². The Labute approximate surface area is 92.7 Å². The number of H-pyrrole nitrogens is 1. The predicted octanol–water partition coefficient (Wildman–Crippen LogP) is 1.59. The van der Waals surface area contributed by atoms with Crippen LogP contribution in [0.15, 0.2) is 27.4 Å². The normalized spacial score (nSPS) is 21.4. The second kappa shape index (κ2) is 3.79. The Hall–Kier alpha value is -1.55. The summed E-state index contributed by atoms with van der Waals surface area (Å²) in [5, 5.41) is 3.38. The van der Waals surface area contributed by atoms with Gasteiger partial charge in [0.1, 0.15) is 0 Å². The van der Waals surface area contributed by atoms with Crippen molar-refractivity contribution in [3.63, 3.8) is 0 Å². The largest absolute Gasteiger partial charge is 0.417 e. The zero-order chi connectivity index (χ0) is 11.0. The van der Waals surface area contributed by atoms with E-state index in [2.05, 4.69) is 16.4 Å². The number of rotatable bonds is 1. The molecule has 2 heterocycles. The van der Waals surface area contributed by atoms with Crippen LogP contribution >= 0.6 is 0 Å². The summed E-state index contributed by atoms with van der Waals surface area (Å²) in [6.07, 6.45) is 2.35. The molecule has 0 aliphatic carbocycles. The van der Waals surface area contributed by atoms with E-state index in [0.717, 1.165) is 18.6 Å². The van der Waals surface area contributed by atoms with E-state index in [1.807, 2.05) is 12.1 Å². The molecule has 1 unspecified atom stereocenters. The monoisotopic (exact) mass is 218 g/mol. The minimum atomic E-state index is -0.369. The van der Waals surface area contributed by atoms with Crippen LogP contribution in [0.1, 0.15) is 24.3 Å². The van der Waals surface area contributed by atoms with Gasteiger partial charge in [0.25, 0.3) is 0 Å². The van der Waals surface area contributed by atoms with Crippen molar-refractivity contribution in [1.82, 2.24) is 10.3 Å². The second-order valence-corrected chi connectivity index (χ2v) is 4.28. The van der Waals surface area contributed by atoms with Gasteiger partial charge in [0.15, 0.2) is 5.58 Å². The van der Waals surface area contributed by atoms with Gasteiger partial charge in [-0.1, -0.05) is 12.1 Å². The van der Waals surface area contributed by atoms with E-state index in [0.29, 0.717) is 11.5 Å². The summed E-state index contributed by atoms with van der Waals surface area (Å²) in [5.41, 5.74) is 2.71. The zero-order valence-corrected chi connectivity index (χ0v) is 8.95. The van der Waals surface area contributed by atoms with Crippen molar-refractivity contribution in [2.24, 2.45) is 0 Å². The van der Waals surface area contributed by atoms with Crippen LogP contribution in [0.5, 0.6) is 0 Å². The van der Waals surface area contributed by atoms with Crippen molar-refractivity contribution in [2.75, 3.05) is 13.1 Å². The molecule has 1 atom stereocenters. The molecule has 0 spiro atoms. The molecule has 1 aliphatic heterocycles. The molecule has 1 saturated heterocycles. The lowest BCUT2D eigenvalue weighted by Gasteiger charge is -2.23. The fraction of sp³-hybridized carbons (Fsp3) is 0.417. The number of nitrogens with one attached hydrogen (secondary N) is 2. The molecule has 4 heteroatoms. The molecule has 1 fully saturated rings. The number of piperidine rings is 1. The molecule has 84 valence electrons. The molecule has 0 radical (unpaired) electrons. The van der Waals surface area contributed by atoms with Crippen LogP contribution in [-0.4, -0.2) is 18.1 Å². The summed E-state index contributed by atoms with van der Waals surface area (Å²) in [6, 6.07) is 5.85. The number of benzene rings is 1. The highest BCUT2D eigenvalue weighted by Crippen LogP contribution is 2.28. The minimum absolute atomic E-state index is 0.369. The van der Waals surface area contributed by atoms with E-state index in [-0.39, 0.29) is 5.76 Å². The summed E-state index contributed by atoms with van der Waals surface area (Å²) < 4.78 is 5.07. The lowest BCUT2D eigenvalue weighted by molar-refractivity contribution is 0.463. The van der Waals surface area contributed by atoms with Gasteiger partial charge in [0, 0.05) is 6.54 Å². The molecular formula is C12H14N2O2. The van der Waals surface area contributed by atoms with Gasteiger partial charge < -0.3 is 9.73 Å². The highest BCUT2D eigenvalue weighted by atomic mass is 16.4. The van der Waals surface area contributed by atoms with Gasteiger partial charge in [-0.05, 0) is 36.9 Å². The van der Waals surface area contributed by atoms with E-state index in [1.54, 1.807) is 0 Å². The number of aromatic amines is 1. The first-order valence-corrected chi connectivity index (χ1v) is 5.67. The number of hydrogen-bond acceptors (Lipinski definition) is 3. The van der Waals surface area contributed by atoms with Gasteiger partial charge in [0.2, 0.25) is 0 Å². The Bertz CT molecular complexity index is 549. The molecule has 2 N–H and O–H groups in total. The van der Waals surface area contributed by atoms with Crippen LogP contribution in [0.4, 0.5) is 0 Å². The van der Waals surface area contributed by atoms with Crippen LogP contribution in [0.25, 0.3) is 11.1 Å². The maximum absolute atomic E-state index is 11.2. The van der Waals surface area contributed by atoms with Crippen molar-refractivity contribution in [3.05, 3.63) is 34.3 Å². The number of aromatic nitrogens is 1. The third kappa shape index (κ3) is 1.55. The Morgan fingerprint density at radius 3 is 3.12 bits per heavy atom. The topological polar surface area (TPSA) is 58.0 Å². The zero-order valence-electron chi connectivity index (χ0n) is 8.95. The average molecular weight is 218 g/mol. The van der Waals surface area contributed by atoms with Crippen molar-refractivity contribution in [3.8, 4) is 0 Å². The molecule has 3 rings (SSSR count). The predicted molar refractivity (Wildman–Crippen MR) is 61.7 cm³/mol. The summed E-state index contributed by atoms with van der Waals surface area (Å²) in [6.45, 7) is 2.07. The fourth-order valence-electron chi connectivity index (χ4n) is 2.45. The van der Waals surface area contributed by atoms with E-state index < -0.39 is 0 Å². The average Bonchev–Trinajstić information content (AvgIpc) is 2.70. The minimum Gasteiger partial charge on any atom is -0.408 e. The Kier molecular flexibility index (Phi) is 2.29. The number of hydrogen-bond donors (Lipinski definition) is 2.